The van der Waals surface area contributed by atoms with Crippen LogP contribution in [0.15, 0.2) is 0 Å². The van der Waals surface area contributed by atoms with Crippen LogP contribution < -0.4 is 0 Å². The van der Waals surface area contributed by atoms with Crippen molar-refractivity contribution in [1.29, 1.82) is 0 Å². The first-order valence-electron chi connectivity index (χ1n) is 3.07. The van der Waals surface area contributed by atoms with Crippen molar-refractivity contribution in [3.63, 3.8) is 0 Å². The van der Waals surface area contributed by atoms with Gasteiger partial charge >= 0.3 is 0 Å². The fourth-order valence-electron chi connectivity index (χ4n) is 0.671. The minimum atomic E-state index is 0.354. The molecular formula is CH15NSi5. The molecule has 0 N–H and O–H groups in total. The maximum atomic E-state index is 2.92. The van der Waals surface area contributed by atoms with Gasteiger partial charge in [0, 0.05) is 19.5 Å². The molecule has 44 valence electrons. The standard InChI is InChI=1S/CH15NSi5/c1-5-2(6-3)7-4/h5-7H2,1,3-4H3. The van der Waals surface area contributed by atoms with Crippen LogP contribution in [-0.2, 0) is 0 Å². The second-order valence-corrected chi connectivity index (χ2v) is 12.7. The normalized spacial score (nSPS) is 16.3. The summed E-state index contributed by atoms with van der Waals surface area (Å²) < 4.78 is 2.92. The molecule has 0 heterocycles. The molecule has 1 nitrogen and oxygen atoms in total. The summed E-state index contributed by atoms with van der Waals surface area (Å²) >= 11 is 0. The molecule has 0 bridgehead atoms. The molecule has 0 rings (SSSR count). The molecule has 0 aliphatic heterocycles. The van der Waals surface area contributed by atoms with Crippen molar-refractivity contribution in [2.75, 3.05) is 0 Å². The van der Waals surface area contributed by atoms with Crippen molar-refractivity contribution in [2.45, 2.75) is 6.55 Å². The summed E-state index contributed by atoms with van der Waals surface area (Å²) in [5.74, 6) is 0. The van der Waals surface area contributed by atoms with E-state index in [1.807, 2.05) is 0 Å². The summed E-state index contributed by atoms with van der Waals surface area (Å²) in [7, 11) is 4.37. The van der Waals surface area contributed by atoms with E-state index < -0.39 is 0 Å². The van der Waals surface area contributed by atoms with Crippen LogP contribution >= 0.6 is 0 Å². The van der Waals surface area contributed by atoms with Crippen LogP contribution in [0, 0.1) is 0 Å². The molecule has 0 unspecified atom stereocenters. The van der Waals surface area contributed by atoms with E-state index in [2.05, 4.69) is 10.4 Å². The van der Waals surface area contributed by atoms with Crippen molar-refractivity contribution in [2.24, 2.45) is 0 Å². The van der Waals surface area contributed by atoms with E-state index in [4.69, 9.17) is 0 Å². The SMILES string of the molecule is C[SiH2]N([SiH2][SiH3])[SiH2][SiH3]. The topological polar surface area (TPSA) is 3.24 Å². The molecule has 0 saturated heterocycles. The smallest absolute Gasteiger partial charge is 0.0766 e. The molecule has 0 atom stereocenters. The predicted octanol–water partition coefficient (Wildman–Crippen LogP) is -4.85. The van der Waals surface area contributed by atoms with E-state index in [1.165, 1.54) is 0 Å². The fraction of sp³-hybridized carbons (Fsp3) is 1.00. The third kappa shape index (κ3) is 3.61. The van der Waals surface area contributed by atoms with Gasteiger partial charge < -0.3 is 3.90 Å². The van der Waals surface area contributed by atoms with Crippen LogP contribution in [0.1, 0.15) is 0 Å². The lowest BCUT2D eigenvalue weighted by molar-refractivity contribution is 1.13. The van der Waals surface area contributed by atoms with Crippen LogP contribution in [0.25, 0.3) is 0 Å². The van der Waals surface area contributed by atoms with Gasteiger partial charge in [0.2, 0.25) is 0 Å². The van der Waals surface area contributed by atoms with Gasteiger partial charge in [0.15, 0.2) is 0 Å². The molecule has 7 heavy (non-hydrogen) atoms. The highest BCUT2D eigenvalue weighted by Crippen LogP contribution is 1.68. The summed E-state index contributed by atoms with van der Waals surface area (Å²) in [5.41, 5.74) is 0. The fourth-order valence-corrected chi connectivity index (χ4v) is 30.2. The maximum absolute atomic E-state index is 2.92. The Hall–Kier alpha value is 1.04. The molecule has 0 aliphatic carbocycles. The van der Waals surface area contributed by atoms with Crippen LogP contribution in [0.2, 0.25) is 6.55 Å². The van der Waals surface area contributed by atoms with Crippen molar-refractivity contribution in [3.8, 4) is 0 Å². The van der Waals surface area contributed by atoms with Crippen molar-refractivity contribution >= 4 is 47.6 Å². The van der Waals surface area contributed by atoms with Crippen molar-refractivity contribution in [1.82, 2.24) is 3.90 Å². The highest BCUT2D eigenvalue weighted by molar-refractivity contribution is 7.02. The second kappa shape index (κ2) is 5.19. The number of rotatable bonds is 3. The van der Waals surface area contributed by atoms with Crippen LogP contribution in [0.4, 0.5) is 0 Å². The van der Waals surface area contributed by atoms with Gasteiger partial charge in [-0.25, -0.2) is 0 Å². The number of nitrogens with zero attached hydrogens (tertiary/aromatic N) is 1. The van der Waals surface area contributed by atoms with Crippen molar-refractivity contribution < 1.29 is 0 Å². The first-order chi connectivity index (χ1) is 3.35. The van der Waals surface area contributed by atoms with E-state index >= 15 is 0 Å². The molecular weight excluding hydrogens is 166 g/mol. The summed E-state index contributed by atoms with van der Waals surface area (Å²) in [6.45, 7) is 2.44. The van der Waals surface area contributed by atoms with Crippen LogP contribution in [-0.4, -0.2) is 51.5 Å². The molecule has 6 heteroatoms. The molecule has 0 amide bonds. The number of hydrogen-bond acceptors (Lipinski definition) is 1. The zero-order valence-electron chi connectivity index (χ0n) is 5.57. The third-order valence-electron chi connectivity index (χ3n) is 1.34. The van der Waals surface area contributed by atoms with Gasteiger partial charge in [-0.05, 0) is 0 Å². The van der Waals surface area contributed by atoms with Gasteiger partial charge in [-0.15, -0.1) is 0 Å². The average Bonchev–Trinajstić information content (AvgIpc) is 1.72. The molecule has 0 aliphatic rings. The van der Waals surface area contributed by atoms with E-state index in [9.17, 15) is 0 Å². The van der Waals surface area contributed by atoms with Gasteiger partial charge in [0.05, 0.1) is 28.1 Å². The molecule has 0 spiro atoms. The Morgan fingerprint density at radius 2 is 1.71 bits per heavy atom. The zero-order chi connectivity index (χ0) is 5.70. The zero-order valence-corrected chi connectivity index (χ0v) is 13.8. The van der Waals surface area contributed by atoms with Gasteiger partial charge in [-0.1, -0.05) is 6.55 Å². The lowest BCUT2D eigenvalue weighted by Crippen LogP contribution is -2.34. The molecule has 0 aromatic rings. The Kier molecular flexibility index (Phi) is 5.96. The Morgan fingerprint density at radius 3 is 1.71 bits per heavy atom. The Labute approximate surface area is 58.4 Å². The molecule has 0 radical (unpaired) electrons. The highest BCUT2D eigenvalue weighted by Gasteiger charge is 1.90. The largest absolute Gasteiger partial charge is 0.388 e. The first-order valence-corrected chi connectivity index (χ1v) is 17.7. The predicted molar refractivity (Wildman–Crippen MR) is 53.2 cm³/mol. The minimum Gasteiger partial charge on any atom is -0.388 e. The molecule has 0 aromatic carbocycles. The molecule has 0 saturated carbocycles. The van der Waals surface area contributed by atoms with E-state index in [0.717, 1.165) is 0 Å². The molecule has 0 aromatic heterocycles. The van der Waals surface area contributed by atoms with Crippen LogP contribution in [0.5, 0.6) is 0 Å². The molecule has 0 fully saturated rings. The van der Waals surface area contributed by atoms with Gasteiger partial charge in [0.1, 0.15) is 0 Å². The lowest BCUT2D eigenvalue weighted by atomic mass is 11.9. The van der Waals surface area contributed by atoms with Gasteiger partial charge in [0.25, 0.3) is 0 Å². The first kappa shape index (κ1) is 8.04. The Balaban J connectivity index is 2.99. The highest BCUT2D eigenvalue weighted by atomic mass is 29.2. The summed E-state index contributed by atoms with van der Waals surface area (Å²) in [6.07, 6.45) is 0. The Bertz CT molecular complexity index is 29.6. The van der Waals surface area contributed by atoms with Gasteiger partial charge in [-0.2, -0.15) is 0 Å². The summed E-state index contributed by atoms with van der Waals surface area (Å²) in [5, 5.41) is 0. The van der Waals surface area contributed by atoms with Crippen molar-refractivity contribution in [3.05, 3.63) is 0 Å². The average molecular weight is 182 g/mol. The van der Waals surface area contributed by atoms with E-state index in [0.29, 0.717) is 28.1 Å². The van der Waals surface area contributed by atoms with Gasteiger partial charge in [-0.3, -0.25) is 0 Å². The van der Waals surface area contributed by atoms with Crippen LogP contribution in [0.3, 0.4) is 0 Å². The Morgan fingerprint density at radius 1 is 1.29 bits per heavy atom. The monoisotopic (exact) mass is 181 g/mol. The third-order valence-corrected chi connectivity index (χ3v) is 28.2. The summed E-state index contributed by atoms with van der Waals surface area (Å²) in [4.78, 5) is 0. The number of hydrogen-bond donors (Lipinski definition) is 0. The summed E-state index contributed by atoms with van der Waals surface area (Å²) in [6, 6.07) is 0. The second-order valence-electron chi connectivity index (χ2n) is 1.62. The van der Waals surface area contributed by atoms with E-state index in [-0.39, 0.29) is 0 Å². The maximum Gasteiger partial charge on any atom is 0.0766 e. The minimum absolute atomic E-state index is 0.354. The van der Waals surface area contributed by atoms with E-state index in [1.54, 1.807) is 19.5 Å². The lowest BCUT2D eigenvalue weighted by Gasteiger charge is -2.13. The quantitative estimate of drug-likeness (QED) is 0.395.